The Hall–Kier alpha value is -0.610. The Balaban J connectivity index is -0.000000196. The zero-order valence-electron chi connectivity index (χ0n) is 13.5. The molecule has 0 fully saturated rings. The molecule has 0 aromatic heterocycles. The second-order valence-electron chi connectivity index (χ2n) is 3.76. The number of hydrogen-bond donors (Lipinski definition) is 1. The van der Waals surface area contributed by atoms with E-state index in [1.165, 1.54) is 39.3 Å². The van der Waals surface area contributed by atoms with Crippen LogP contribution in [0.5, 0.6) is 0 Å². The van der Waals surface area contributed by atoms with Gasteiger partial charge in [-0.15, -0.1) is 0 Å². The molecular weight excluding hydrogens is 228 g/mol. The van der Waals surface area contributed by atoms with Crippen LogP contribution in [0.4, 0.5) is 0 Å². The quantitative estimate of drug-likeness (QED) is 0.799. The molecular formula is C14H34N2O2. The van der Waals surface area contributed by atoms with Crippen molar-refractivity contribution in [3.05, 3.63) is 0 Å². The van der Waals surface area contributed by atoms with Crippen LogP contribution in [-0.4, -0.2) is 60.1 Å². The summed E-state index contributed by atoms with van der Waals surface area (Å²) < 4.78 is 0. The number of carbonyl (C=O) groups is 1. The molecule has 18 heavy (non-hydrogen) atoms. The summed E-state index contributed by atoms with van der Waals surface area (Å²) in [6.07, 6.45) is 0. The van der Waals surface area contributed by atoms with Gasteiger partial charge in [-0.2, -0.15) is 0 Å². The van der Waals surface area contributed by atoms with Crippen LogP contribution in [0.15, 0.2) is 0 Å². The third-order valence-corrected chi connectivity index (χ3v) is 2.68. The first-order valence-corrected chi connectivity index (χ1v) is 7.07. The molecule has 0 amide bonds. The van der Waals surface area contributed by atoms with Crippen LogP contribution in [0, 0.1) is 0 Å². The molecule has 0 aliphatic carbocycles. The lowest BCUT2D eigenvalue weighted by molar-refractivity contribution is -0.134. The van der Waals surface area contributed by atoms with Gasteiger partial charge in [0.15, 0.2) is 0 Å². The van der Waals surface area contributed by atoms with Crippen molar-refractivity contribution in [2.45, 2.75) is 48.5 Å². The van der Waals surface area contributed by atoms with Crippen molar-refractivity contribution in [1.82, 2.24) is 9.80 Å². The summed E-state index contributed by atoms with van der Waals surface area (Å²) in [4.78, 5) is 13.8. The van der Waals surface area contributed by atoms with Gasteiger partial charge in [0.1, 0.15) is 0 Å². The van der Waals surface area contributed by atoms with Gasteiger partial charge in [-0.25, -0.2) is 0 Å². The highest BCUT2D eigenvalue weighted by Gasteiger charge is 1.89. The van der Waals surface area contributed by atoms with Gasteiger partial charge in [0, 0.05) is 6.92 Å². The fourth-order valence-electron chi connectivity index (χ4n) is 1.34. The first kappa shape index (κ1) is 22.6. The minimum absolute atomic E-state index is 0.833. The van der Waals surface area contributed by atoms with Gasteiger partial charge >= 0.3 is 0 Å². The van der Waals surface area contributed by atoms with Crippen molar-refractivity contribution in [3.63, 3.8) is 0 Å². The zero-order chi connectivity index (χ0) is 15.0. The average molecular weight is 262 g/mol. The Labute approximate surface area is 114 Å². The minimum Gasteiger partial charge on any atom is -0.481 e. The molecule has 0 aliphatic heterocycles. The van der Waals surface area contributed by atoms with Gasteiger partial charge in [0.2, 0.25) is 0 Å². The van der Waals surface area contributed by atoms with E-state index in [1.807, 2.05) is 0 Å². The molecule has 0 aromatic rings. The number of carboxylic acids is 1. The largest absolute Gasteiger partial charge is 0.481 e. The fourth-order valence-corrected chi connectivity index (χ4v) is 1.34. The number of carboxylic acid groups (broad SMARTS) is 1. The van der Waals surface area contributed by atoms with Crippen LogP contribution >= 0.6 is 0 Å². The van der Waals surface area contributed by atoms with Crippen LogP contribution in [0.1, 0.15) is 48.5 Å². The van der Waals surface area contributed by atoms with Gasteiger partial charge in [-0.05, 0) is 39.3 Å². The van der Waals surface area contributed by atoms with Crippen molar-refractivity contribution in [2.24, 2.45) is 0 Å². The van der Waals surface area contributed by atoms with E-state index in [-0.39, 0.29) is 0 Å². The predicted molar refractivity (Wildman–Crippen MR) is 80.2 cm³/mol. The summed E-state index contributed by atoms with van der Waals surface area (Å²) in [5.41, 5.74) is 0. The van der Waals surface area contributed by atoms with Gasteiger partial charge in [-0.1, -0.05) is 41.5 Å². The Morgan fingerprint density at radius 1 is 0.722 bits per heavy atom. The molecule has 112 valence electrons. The molecule has 4 heteroatoms. The average Bonchev–Trinajstić information content (AvgIpc) is 2.34. The van der Waals surface area contributed by atoms with Crippen LogP contribution in [0.25, 0.3) is 0 Å². The highest BCUT2D eigenvalue weighted by Crippen LogP contribution is 1.82. The van der Waals surface area contributed by atoms with Gasteiger partial charge in [-0.3, -0.25) is 4.79 Å². The Kier molecular flexibility index (Phi) is 23.5. The lowest BCUT2D eigenvalue weighted by Crippen LogP contribution is -2.21. The van der Waals surface area contributed by atoms with E-state index >= 15 is 0 Å². The van der Waals surface area contributed by atoms with Gasteiger partial charge in [0.05, 0.1) is 0 Å². The summed E-state index contributed by atoms with van der Waals surface area (Å²) in [6, 6.07) is 0. The molecule has 0 rings (SSSR count). The van der Waals surface area contributed by atoms with Crippen LogP contribution in [0.3, 0.4) is 0 Å². The fraction of sp³-hybridized carbons (Fsp3) is 0.929. The van der Waals surface area contributed by atoms with Crippen LogP contribution in [0.2, 0.25) is 0 Å². The third kappa shape index (κ3) is 24.6. The van der Waals surface area contributed by atoms with E-state index < -0.39 is 5.97 Å². The van der Waals surface area contributed by atoms with Crippen molar-refractivity contribution in [3.8, 4) is 0 Å². The number of hydrogen-bond acceptors (Lipinski definition) is 3. The molecule has 0 heterocycles. The van der Waals surface area contributed by atoms with Gasteiger partial charge in [0.25, 0.3) is 5.97 Å². The Bertz CT molecular complexity index is 129. The lowest BCUT2D eigenvalue weighted by atomic mass is 10.5. The molecule has 0 saturated heterocycles. The first-order valence-electron chi connectivity index (χ1n) is 7.07. The van der Waals surface area contributed by atoms with Crippen molar-refractivity contribution >= 4 is 5.97 Å². The van der Waals surface area contributed by atoms with Gasteiger partial charge < -0.3 is 14.9 Å². The van der Waals surface area contributed by atoms with E-state index in [4.69, 9.17) is 9.90 Å². The molecule has 0 aromatic carbocycles. The maximum absolute atomic E-state index is 9.00. The number of nitrogens with zero attached hydrogens (tertiary/aromatic N) is 2. The zero-order valence-corrected chi connectivity index (χ0v) is 13.5. The van der Waals surface area contributed by atoms with E-state index in [1.54, 1.807) is 0 Å². The molecule has 1 N–H and O–H groups in total. The highest BCUT2D eigenvalue weighted by molar-refractivity contribution is 5.62. The molecule has 0 unspecified atom stereocenters. The van der Waals surface area contributed by atoms with Crippen LogP contribution in [-0.2, 0) is 4.79 Å². The monoisotopic (exact) mass is 262 g/mol. The topological polar surface area (TPSA) is 43.8 Å². The lowest BCUT2D eigenvalue weighted by Gasteiger charge is -2.13. The maximum Gasteiger partial charge on any atom is 0.300 e. The molecule has 4 nitrogen and oxygen atoms in total. The molecule has 0 atom stereocenters. The highest BCUT2D eigenvalue weighted by atomic mass is 16.4. The molecule has 0 radical (unpaired) electrons. The van der Waals surface area contributed by atoms with E-state index in [0.717, 1.165) is 6.92 Å². The van der Waals surface area contributed by atoms with Crippen molar-refractivity contribution < 1.29 is 9.90 Å². The Morgan fingerprint density at radius 2 is 0.833 bits per heavy atom. The SMILES string of the molecule is CC(=O)O.CCN(CC)CC.CCN(CC)CC. The third-order valence-electron chi connectivity index (χ3n) is 2.68. The number of rotatable bonds is 6. The summed E-state index contributed by atoms with van der Waals surface area (Å²) >= 11 is 0. The second kappa shape index (κ2) is 18.7. The van der Waals surface area contributed by atoms with E-state index in [2.05, 4.69) is 51.3 Å². The normalized spacial score (nSPS) is 9.39. The summed E-state index contributed by atoms with van der Waals surface area (Å²) in [6.45, 7) is 21.3. The van der Waals surface area contributed by atoms with Crippen molar-refractivity contribution in [2.75, 3.05) is 39.3 Å². The molecule has 0 bridgehead atoms. The second-order valence-corrected chi connectivity index (χ2v) is 3.76. The number of aliphatic carboxylic acids is 1. The predicted octanol–water partition coefficient (Wildman–Crippen LogP) is 2.79. The smallest absolute Gasteiger partial charge is 0.300 e. The summed E-state index contributed by atoms with van der Waals surface area (Å²) in [5.74, 6) is -0.833. The summed E-state index contributed by atoms with van der Waals surface area (Å²) in [7, 11) is 0. The van der Waals surface area contributed by atoms with Crippen LogP contribution < -0.4 is 0 Å². The first-order chi connectivity index (χ1) is 8.42. The summed E-state index contributed by atoms with van der Waals surface area (Å²) in [5, 5.41) is 7.42. The van der Waals surface area contributed by atoms with Crippen molar-refractivity contribution in [1.29, 1.82) is 0 Å². The molecule has 0 saturated carbocycles. The minimum atomic E-state index is -0.833. The Morgan fingerprint density at radius 3 is 0.833 bits per heavy atom. The standard InChI is InChI=1S/2C6H15N.C2H4O2/c2*1-4-7(5-2)6-3;1-2(3)4/h2*4-6H2,1-3H3;1H3,(H,3,4). The molecule has 0 aliphatic rings. The maximum atomic E-state index is 9.00. The van der Waals surface area contributed by atoms with E-state index in [0.29, 0.717) is 0 Å². The van der Waals surface area contributed by atoms with E-state index in [9.17, 15) is 0 Å². The molecule has 0 spiro atoms.